The van der Waals surface area contributed by atoms with Gasteiger partial charge in [0, 0.05) is 44.0 Å². The molecular formula is C25H34N4O3. The highest BCUT2D eigenvalue weighted by molar-refractivity contribution is 5.93. The summed E-state index contributed by atoms with van der Waals surface area (Å²) in [5.41, 5.74) is 4.08. The minimum absolute atomic E-state index is 0.0151. The Morgan fingerprint density at radius 3 is 2.31 bits per heavy atom. The summed E-state index contributed by atoms with van der Waals surface area (Å²) >= 11 is 0. The molecule has 1 fully saturated rings. The van der Waals surface area contributed by atoms with E-state index in [0.717, 1.165) is 28.1 Å². The number of nitrogens with zero attached hydrogens (tertiary/aromatic N) is 3. The number of piperazine rings is 1. The highest BCUT2D eigenvalue weighted by Gasteiger charge is 2.23. The van der Waals surface area contributed by atoms with Crippen LogP contribution in [0.15, 0.2) is 42.5 Å². The predicted molar refractivity (Wildman–Crippen MR) is 127 cm³/mol. The molecule has 2 amide bonds. The van der Waals surface area contributed by atoms with Crippen molar-refractivity contribution in [2.45, 2.75) is 20.4 Å². The van der Waals surface area contributed by atoms with Crippen molar-refractivity contribution in [2.24, 2.45) is 0 Å². The molecule has 3 rings (SSSR count). The largest absolute Gasteiger partial charge is 0.496 e. The van der Waals surface area contributed by atoms with Crippen LogP contribution >= 0.6 is 0 Å². The molecule has 7 nitrogen and oxygen atoms in total. The van der Waals surface area contributed by atoms with Gasteiger partial charge in [-0.2, -0.15) is 0 Å². The number of benzene rings is 2. The Hall–Kier alpha value is -2.90. The zero-order valence-corrected chi connectivity index (χ0v) is 19.6. The molecule has 0 unspecified atom stereocenters. The van der Waals surface area contributed by atoms with Gasteiger partial charge in [-0.15, -0.1) is 0 Å². The van der Waals surface area contributed by atoms with Crippen LogP contribution in [0.3, 0.4) is 0 Å². The first-order chi connectivity index (χ1) is 15.4. The molecule has 172 valence electrons. The van der Waals surface area contributed by atoms with Gasteiger partial charge in [-0.3, -0.25) is 19.4 Å². The van der Waals surface area contributed by atoms with Crippen LogP contribution in [-0.4, -0.2) is 79.9 Å². The topological polar surface area (TPSA) is 65.1 Å². The Morgan fingerprint density at radius 2 is 1.66 bits per heavy atom. The summed E-state index contributed by atoms with van der Waals surface area (Å²) in [4.78, 5) is 31.3. The summed E-state index contributed by atoms with van der Waals surface area (Å²) in [7, 11) is 3.60. The van der Waals surface area contributed by atoms with Gasteiger partial charge in [0.25, 0.3) is 0 Å². The number of carbonyl (C=O) groups excluding carboxylic acids is 2. The van der Waals surface area contributed by atoms with E-state index in [9.17, 15) is 9.59 Å². The minimum Gasteiger partial charge on any atom is -0.496 e. The van der Waals surface area contributed by atoms with Crippen molar-refractivity contribution in [3.63, 3.8) is 0 Å². The number of methoxy groups -OCH3 is 1. The van der Waals surface area contributed by atoms with Gasteiger partial charge < -0.3 is 15.0 Å². The van der Waals surface area contributed by atoms with E-state index in [4.69, 9.17) is 4.74 Å². The summed E-state index contributed by atoms with van der Waals surface area (Å²) in [6, 6.07) is 13.8. The molecule has 1 heterocycles. The van der Waals surface area contributed by atoms with Crippen LogP contribution in [0, 0.1) is 13.8 Å². The molecule has 0 radical (unpaired) electrons. The monoisotopic (exact) mass is 438 g/mol. The van der Waals surface area contributed by atoms with E-state index in [0.29, 0.717) is 45.8 Å². The maximum atomic E-state index is 12.8. The average Bonchev–Trinajstić information content (AvgIpc) is 2.77. The number of carbonyl (C=O) groups is 2. The number of amides is 2. The molecule has 32 heavy (non-hydrogen) atoms. The highest BCUT2D eigenvalue weighted by atomic mass is 16.5. The zero-order chi connectivity index (χ0) is 23.1. The molecule has 0 atom stereocenters. The number of rotatable bonds is 8. The second-order valence-electron chi connectivity index (χ2n) is 8.46. The Morgan fingerprint density at radius 1 is 1.00 bits per heavy atom. The summed E-state index contributed by atoms with van der Waals surface area (Å²) in [5.74, 6) is 0.931. The first-order valence-electron chi connectivity index (χ1n) is 11.0. The molecule has 0 spiro atoms. The van der Waals surface area contributed by atoms with Crippen molar-refractivity contribution < 1.29 is 14.3 Å². The van der Waals surface area contributed by atoms with Crippen LogP contribution in [0.4, 0.5) is 5.69 Å². The van der Waals surface area contributed by atoms with Crippen molar-refractivity contribution in [2.75, 3.05) is 58.7 Å². The first-order valence-corrected chi connectivity index (χ1v) is 11.0. The number of hydrogen-bond acceptors (Lipinski definition) is 5. The molecule has 0 saturated carbocycles. The van der Waals surface area contributed by atoms with Crippen LogP contribution in [-0.2, 0) is 16.1 Å². The van der Waals surface area contributed by atoms with Crippen molar-refractivity contribution in [1.82, 2.24) is 14.7 Å². The Bertz CT molecular complexity index is 918. The zero-order valence-electron chi connectivity index (χ0n) is 19.6. The standard InChI is InChI=1S/C25H34N4O3/c1-19-8-7-9-20(2)25(19)26-23(30)17-28-12-14-29(15-13-28)24(31)18-27(3)16-21-10-5-6-11-22(21)32-4/h5-11H,12-18H2,1-4H3,(H,26,30). The summed E-state index contributed by atoms with van der Waals surface area (Å²) in [6.07, 6.45) is 0. The number of para-hydroxylation sites is 2. The van der Waals surface area contributed by atoms with E-state index in [1.807, 2.05) is 73.2 Å². The van der Waals surface area contributed by atoms with Crippen molar-refractivity contribution in [1.29, 1.82) is 0 Å². The van der Waals surface area contributed by atoms with E-state index >= 15 is 0 Å². The molecule has 1 aliphatic heterocycles. The Kier molecular flexibility index (Phi) is 8.25. The van der Waals surface area contributed by atoms with Crippen LogP contribution in [0.25, 0.3) is 0 Å². The highest BCUT2D eigenvalue weighted by Crippen LogP contribution is 2.20. The fourth-order valence-electron chi connectivity index (χ4n) is 4.06. The third-order valence-electron chi connectivity index (χ3n) is 5.88. The molecular weight excluding hydrogens is 404 g/mol. The fraction of sp³-hybridized carbons (Fsp3) is 0.440. The molecule has 2 aromatic carbocycles. The second-order valence-corrected chi connectivity index (χ2v) is 8.46. The molecule has 1 N–H and O–H groups in total. The molecule has 2 aromatic rings. The maximum absolute atomic E-state index is 12.8. The van der Waals surface area contributed by atoms with Crippen molar-refractivity contribution in [3.8, 4) is 5.75 Å². The fourth-order valence-corrected chi connectivity index (χ4v) is 4.06. The van der Waals surface area contributed by atoms with Gasteiger partial charge in [-0.25, -0.2) is 0 Å². The number of anilines is 1. The Labute approximate surface area is 190 Å². The van der Waals surface area contributed by atoms with E-state index in [1.54, 1.807) is 7.11 Å². The summed E-state index contributed by atoms with van der Waals surface area (Å²) in [6.45, 7) is 8.00. The molecule has 0 aromatic heterocycles. The quantitative estimate of drug-likeness (QED) is 0.686. The van der Waals surface area contributed by atoms with Gasteiger partial charge in [0.2, 0.25) is 11.8 Å². The van der Waals surface area contributed by atoms with Crippen LogP contribution < -0.4 is 10.1 Å². The second kappa shape index (κ2) is 11.1. The van der Waals surface area contributed by atoms with E-state index in [-0.39, 0.29) is 11.8 Å². The van der Waals surface area contributed by atoms with Gasteiger partial charge in [0.1, 0.15) is 5.75 Å². The third-order valence-corrected chi connectivity index (χ3v) is 5.88. The van der Waals surface area contributed by atoms with Gasteiger partial charge in [-0.05, 0) is 38.1 Å². The molecule has 1 aliphatic rings. The lowest BCUT2D eigenvalue weighted by molar-refractivity contribution is -0.134. The van der Waals surface area contributed by atoms with Crippen molar-refractivity contribution >= 4 is 17.5 Å². The molecule has 7 heteroatoms. The number of likely N-dealkylation sites (N-methyl/N-ethyl adjacent to an activating group) is 1. The van der Waals surface area contributed by atoms with Gasteiger partial charge in [-0.1, -0.05) is 36.4 Å². The van der Waals surface area contributed by atoms with Crippen LogP contribution in [0.5, 0.6) is 5.75 Å². The van der Waals surface area contributed by atoms with Gasteiger partial charge >= 0.3 is 0 Å². The minimum atomic E-state index is -0.0151. The first kappa shape index (κ1) is 23.8. The molecule has 1 saturated heterocycles. The molecule has 0 bridgehead atoms. The molecule has 0 aliphatic carbocycles. The Balaban J connectivity index is 1.43. The lowest BCUT2D eigenvalue weighted by atomic mass is 10.1. The van der Waals surface area contributed by atoms with E-state index < -0.39 is 0 Å². The predicted octanol–water partition coefficient (Wildman–Crippen LogP) is 2.53. The summed E-state index contributed by atoms with van der Waals surface area (Å²) < 4.78 is 5.40. The van der Waals surface area contributed by atoms with Crippen LogP contribution in [0.2, 0.25) is 0 Å². The van der Waals surface area contributed by atoms with Crippen molar-refractivity contribution in [3.05, 3.63) is 59.2 Å². The van der Waals surface area contributed by atoms with E-state index in [1.165, 1.54) is 0 Å². The normalized spacial score (nSPS) is 14.5. The third kappa shape index (κ3) is 6.31. The summed E-state index contributed by atoms with van der Waals surface area (Å²) in [5, 5.41) is 3.04. The lowest BCUT2D eigenvalue weighted by Gasteiger charge is -2.35. The van der Waals surface area contributed by atoms with Gasteiger partial charge in [0.05, 0.1) is 20.2 Å². The van der Waals surface area contributed by atoms with Gasteiger partial charge in [0.15, 0.2) is 0 Å². The number of aryl methyl sites for hydroxylation is 2. The van der Waals surface area contributed by atoms with E-state index in [2.05, 4.69) is 10.2 Å². The number of nitrogens with one attached hydrogen (secondary N) is 1. The SMILES string of the molecule is COc1ccccc1CN(C)CC(=O)N1CCN(CC(=O)Nc2c(C)cccc2C)CC1. The number of hydrogen-bond donors (Lipinski definition) is 1. The smallest absolute Gasteiger partial charge is 0.238 e. The lowest BCUT2D eigenvalue weighted by Crippen LogP contribution is -2.52. The number of ether oxygens (including phenoxy) is 1. The van der Waals surface area contributed by atoms with Crippen LogP contribution in [0.1, 0.15) is 16.7 Å². The maximum Gasteiger partial charge on any atom is 0.238 e. The average molecular weight is 439 g/mol.